The molecule has 3 aromatic carbocycles. The summed E-state index contributed by atoms with van der Waals surface area (Å²) in [4.78, 5) is 33.4. The van der Waals surface area contributed by atoms with Crippen LogP contribution in [0.4, 0.5) is 11.4 Å². The fourth-order valence-electron chi connectivity index (χ4n) is 2.97. The lowest BCUT2D eigenvalue weighted by Crippen LogP contribution is -2.01. The number of nitro groups is 2. The van der Waals surface area contributed by atoms with Gasteiger partial charge in [0.05, 0.1) is 28.6 Å². The minimum absolute atomic E-state index is 0.00325. The zero-order valence-corrected chi connectivity index (χ0v) is 17.0. The van der Waals surface area contributed by atoms with Gasteiger partial charge in [0.2, 0.25) is 0 Å². The third kappa shape index (κ3) is 5.33. The number of para-hydroxylation sites is 1. The first-order valence-electron chi connectivity index (χ1n) is 9.39. The van der Waals surface area contributed by atoms with Crippen molar-refractivity contribution in [3.05, 3.63) is 110 Å². The van der Waals surface area contributed by atoms with Gasteiger partial charge in [-0.15, -0.1) is 0 Å². The van der Waals surface area contributed by atoms with Crippen LogP contribution in [0.3, 0.4) is 0 Å². The number of allylic oxidation sites excluding steroid dienone is 1. The summed E-state index contributed by atoms with van der Waals surface area (Å²) in [5.41, 5.74) is 0.953. The van der Waals surface area contributed by atoms with Gasteiger partial charge in [-0.3, -0.25) is 25.0 Å². The molecule has 0 aliphatic heterocycles. The first kappa shape index (κ1) is 22.2. The van der Waals surface area contributed by atoms with Gasteiger partial charge in [0.15, 0.2) is 5.78 Å². The van der Waals surface area contributed by atoms with Gasteiger partial charge >= 0.3 is 0 Å². The second-order valence-corrected chi connectivity index (χ2v) is 6.59. The maximum absolute atomic E-state index is 12.5. The van der Waals surface area contributed by atoms with Crippen LogP contribution in [0.2, 0.25) is 0 Å². The molecule has 0 radical (unpaired) electrons. The van der Waals surface area contributed by atoms with E-state index in [-0.39, 0.29) is 23.5 Å². The molecule has 3 aromatic rings. The van der Waals surface area contributed by atoms with Crippen LogP contribution in [0.1, 0.15) is 21.5 Å². The van der Waals surface area contributed by atoms with E-state index in [1.807, 2.05) is 0 Å². The molecule has 0 atom stereocenters. The molecule has 0 bridgehead atoms. The summed E-state index contributed by atoms with van der Waals surface area (Å²) in [5.74, 6) is 0.369. The molecular formula is C23H18N2O7. The minimum atomic E-state index is -0.599. The number of carbonyl (C=O) groups excluding carboxylic acids is 1. The maximum atomic E-state index is 12.5. The highest BCUT2D eigenvalue weighted by Gasteiger charge is 2.17. The topological polar surface area (TPSA) is 122 Å². The minimum Gasteiger partial charge on any atom is -0.496 e. The van der Waals surface area contributed by atoms with Crippen LogP contribution >= 0.6 is 0 Å². The van der Waals surface area contributed by atoms with Gasteiger partial charge in [-0.1, -0.05) is 30.3 Å². The van der Waals surface area contributed by atoms with Crippen LogP contribution in [-0.4, -0.2) is 22.7 Å². The molecule has 0 N–H and O–H groups in total. The molecule has 0 aromatic heterocycles. The number of nitrogens with zero attached hydrogens (tertiary/aromatic N) is 2. The molecule has 162 valence electrons. The molecule has 0 unspecified atom stereocenters. The highest BCUT2D eigenvalue weighted by atomic mass is 16.6. The van der Waals surface area contributed by atoms with Crippen molar-refractivity contribution >= 4 is 23.2 Å². The summed E-state index contributed by atoms with van der Waals surface area (Å²) in [7, 11) is 1.50. The quantitative estimate of drug-likeness (QED) is 0.201. The number of benzene rings is 3. The van der Waals surface area contributed by atoms with Crippen molar-refractivity contribution < 1.29 is 24.1 Å². The Balaban J connectivity index is 1.79. The number of ether oxygens (including phenoxy) is 2. The summed E-state index contributed by atoms with van der Waals surface area (Å²) >= 11 is 0. The van der Waals surface area contributed by atoms with Crippen molar-refractivity contribution in [2.75, 3.05) is 7.11 Å². The Kier molecular flexibility index (Phi) is 6.92. The zero-order chi connectivity index (χ0) is 23.1. The standard InChI is InChI=1S/C23H18N2O7/c1-31-23-12-10-16(9-11-22(26)20-7-2-3-8-21(20)25(29)30)13-17(23)15-32-19-6-4-5-18(14-19)24(27)28/h2-14H,15H2,1H3/b11-9+. The van der Waals surface area contributed by atoms with E-state index in [1.165, 1.54) is 55.7 Å². The average molecular weight is 434 g/mol. The first-order chi connectivity index (χ1) is 15.4. The van der Waals surface area contributed by atoms with Gasteiger partial charge in [0.25, 0.3) is 11.4 Å². The van der Waals surface area contributed by atoms with Crippen LogP contribution in [-0.2, 0) is 6.61 Å². The van der Waals surface area contributed by atoms with Gasteiger partial charge in [0.1, 0.15) is 18.1 Å². The monoisotopic (exact) mass is 434 g/mol. The first-order valence-corrected chi connectivity index (χ1v) is 9.39. The van der Waals surface area contributed by atoms with Crippen molar-refractivity contribution in [1.82, 2.24) is 0 Å². The Bertz CT molecular complexity index is 1200. The lowest BCUT2D eigenvalue weighted by atomic mass is 10.1. The van der Waals surface area contributed by atoms with E-state index in [9.17, 15) is 25.0 Å². The van der Waals surface area contributed by atoms with Crippen molar-refractivity contribution in [2.45, 2.75) is 6.61 Å². The van der Waals surface area contributed by atoms with Crippen molar-refractivity contribution in [3.63, 3.8) is 0 Å². The number of non-ortho nitro benzene ring substituents is 1. The fraction of sp³-hybridized carbons (Fsp3) is 0.0870. The van der Waals surface area contributed by atoms with Crippen LogP contribution in [0.25, 0.3) is 6.08 Å². The third-order valence-electron chi connectivity index (χ3n) is 4.52. The second-order valence-electron chi connectivity index (χ2n) is 6.59. The van der Waals surface area contributed by atoms with Gasteiger partial charge in [-0.05, 0) is 35.9 Å². The second kappa shape index (κ2) is 9.98. The van der Waals surface area contributed by atoms with E-state index >= 15 is 0 Å². The van der Waals surface area contributed by atoms with Crippen LogP contribution < -0.4 is 9.47 Å². The Morgan fingerprint density at radius 3 is 2.47 bits per heavy atom. The zero-order valence-electron chi connectivity index (χ0n) is 17.0. The highest BCUT2D eigenvalue weighted by molar-refractivity contribution is 6.09. The van der Waals surface area contributed by atoms with Gasteiger partial charge < -0.3 is 9.47 Å². The number of methoxy groups -OCH3 is 1. The molecule has 0 aliphatic rings. The SMILES string of the molecule is COc1ccc(/C=C/C(=O)c2ccccc2[N+](=O)[O-])cc1COc1cccc([N+](=O)[O-])c1. The highest BCUT2D eigenvalue weighted by Crippen LogP contribution is 2.25. The normalized spacial score (nSPS) is 10.7. The number of hydrogen-bond donors (Lipinski definition) is 0. The Morgan fingerprint density at radius 2 is 1.75 bits per heavy atom. The average Bonchev–Trinajstić information content (AvgIpc) is 2.81. The molecule has 9 nitrogen and oxygen atoms in total. The summed E-state index contributed by atoms with van der Waals surface area (Å²) in [6, 6.07) is 16.7. The van der Waals surface area contributed by atoms with E-state index in [0.717, 1.165) is 0 Å². The maximum Gasteiger partial charge on any atom is 0.280 e. The molecule has 0 saturated heterocycles. The van der Waals surface area contributed by atoms with Gasteiger partial charge in [-0.25, -0.2) is 0 Å². The number of carbonyl (C=O) groups is 1. The number of nitro benzene ring substituents is 2. The molecular weight excluding hydrogens is 416 g/mol. The molecule has 0 saturated carbocycles. The summed E-state index contributed by atoms with van der Waals surface area (Å²) in [6.45, 7) is 0.0735. The number of rotatable bonds is 9. The molecule has 0 amide bonds. The van der Waals surface area contributed by atoms with Gasteiger partial charge in [0, 0.05) is 17.7 Å². The predicted octanol–water partition coefficient (Wildman–Crippen LogP) is 4.99. The lowest BCUT2D eigenvalue weighted by Gasteiger charge is -2.11. The predicted molar refractivity (Wildman–Crippen MR) is 117 cm³/mol. The fourth-order valence-corrected chi connectivity index (χ4v) is 2.97. The Labute approximate surface area is 182 Å². The largest absolute Gasteiger partial charge is 0.496 e. The molecule has 0 spiro atoms. The Morgan fingerprint density at radius 1 is 0.969 bits per heavy atom. The Hall–Kier alpha value is -4.53. The van der Waals surface area contributed by atoms with Crippen LogP contribution in [0.5, 0.6) is 11.5 Å². The van der Waals surface area contributed by atoms with Crippen molar-refractivity contribution in [3.8, 4) is 11.5 Å². The molecule has 0 fully saturated rings. The molecule has 32 heavy (non-hydrogen) atoms. The third-order valence-corrected chi connectivity index (χ3v) is 4.52. The molecule has 3 rings (SSSR count). The summed E-state index contributed by atoms with van der Waals surface area (Å²) < 4.78 is 11.0. The summed E-state index contributed by atoms with van der Waals surface area (Å²) in [5, 5.41) is 22.0. The van der Waals surface area contributed by atoms with Crippen molar-refractivity contribution in [1.29, 1.82) is 0 Å². The molecule has 0 heterocycles. The van der Waals surface area contributed by atoms with Crippen LogP contribution in [0.15, 0.2) is 72.8 Å². The van der Waals surface area contributed by atoms with E-state index in [4.69, 9.17) is 9.47 Å². The lowest BCUT2D eigenvalue weighted by molar-refractivity contribution is -0.385. The number of ketones is 1. The van der Waals surface area contributed by atoms with Crippen molar-refractivity contribution in [2.24, 2.45) is 0 Å². The molecule has 9 heteroatoms. The van der Waals surface area contributed by atoms with E-state index in [0.29, 0.717) is 22.6 Å². The van der Waals surface area contributed by atoms with E-state index in [2.05, 4.69) is 0 Å². The van der Waals surface area contributed by atoms with Gasteiger partial charge in [-0.2, -0.15) is 0 Å². The van der Waals surface area contributed by atoms with Crippen LogP contribution in [0, 0.1) is 20.2 Å². The number of hydrogen-bond acceptors (Lipinski definition) is 7. The summed E-state index contributed by atoms with van der Waals surface area (Å²) in [6.07, 6.45) is 2.80. The molecule has 0 aliphatic carbocycles. The smallest absolute Gasteiger partial charge is 0.280 e. The van der Waals surface area contributed by atoms with E-state index < -0.39 is 15.6 Å². The van der Waals surface area contributed by atoms with E-state index in [1.54, 1.807) is 30.3 Å².